The number of benzene rings is 1. The zero-order valence-corrected chi connectivity index (χ0v) is 17.5. The van der Waals surface area contributed by atoms with E-state index in [2.05, 4.69) is 49.5 Å². The van der Waals surface area contributed by atoms with Crippen molar-refractivity contribution in [3.63, 3.8) is 0 Å². The van der Waals surface area contributed by atoms with Crippen LogP contribution in [0.2, 0.25) is 0 Å². The highest BCUT2D eigenvalue weighted by atomic mass is 32.1. The standard InChI is InChI=1S/C22H24N6OS/c29-20(16-19-17-30-22(25-19)26-21-23-9-5-10-24-21)28-14-12-27(13-15-28)11-4-8-18-6-2-1-3-7-18/h1-10,17H,11-16H2,(H,23,24,25,26)/b8-4+. The van der Waals surface area contributed by atoms with Crippen LogP contribution in [0, 0.1) is 0 Å². The first-order valence-electron chi connectivity index (χ1n) is 9.96. The largest absolute Gasteiger partial charge is 0.340 e. The van der Waals surface area contributed by atoms with E-state index in [4.69, 9.17) is 0 Å². The molecule has 1 aromatic carbocycles. The Morgan fingerprint density at radius 3 is 2.60 bits per heavy atom. The fraction of sp³-hybridized carbons (Fsp3) is 0.273. The highest BCUT2D eigenvalue weighted by Crippen LogP contribution is 2.19. The van der Waals surface area contributed by atoms with Crippen molar-refractivity contribution in [1.82, 2.24) is 24.8 Å². The number of carbonyl (C=O) groups excluding carboxylic acids is 1. The molecule has 8 heteroatoms. The van der Waals surface area contributed by atoms with Gasteiger partial charge in [-0.3, -0.25) is 9.69 Å². The Morgan fingerprint density at radius 1 is 1.07 bits per heavy atom. The van der Waals surface area contributed by atoms with Gasteiger partial charge in [0.15, 0.2) is 5.13 Å². The van der Waals surface area contributed by atoms with Crippen LogP contribution in [0.4, 0.5) is 11.1 Å². The van der Waals surface area contributed by atoms with E-state index in [-0.39, 0.29) is 5.91 Å². The van der Waals surface area contributed by atoms with Crippen molar-refractivity contribution in [2.45, 2.75) is 6.42 Å². The predicted molar refractivity (Wildman–Crippen MR) is 120 cm³/mol. The third-order valence-electron chi connectivity index (χ3n) is 4.87. The SMILES string of the molecule is O=C(Cc1csc(Nc2ncccn2)n1)N1CCN(C/C=C/c2ccccc2)CC1. The smallest absolute Gasteiger partial charge is 0.228 e. The van der Waals surface area contributed by atoms with E-state index in [0.29, 0.717) is 17.5 Å². The Hall–Kier alpha value is -3.10. The van der Waals surface area contributed by atoms with Gasteiger partial charge in [-0.25, -0.2) is 15.0 Å². The highest BCUT2D eigenvalue weighted by Gasteiger charge is 2.21. The van der Waals surface area contributed by atoms with Crippen LogP contribution in [-0.4, -0.2) is 63.4 Å². The van der Waals surface area contributed by atoms with Gasteiger partial charge in [0, 0.05) is 50.5 Å². The van der Waals surface area contributed by atoms with E-state index in [1.54, 1.807) is 18.5 Å². The molecular weight excluding hydrogens is 396 g/mol. The molecule has 3 aromatic rings. The lowest BCUT2D eigenvalue weighted by atomic mass is 10.2. The first kappa shape index (κ1) is 20.2. The van der Waals surface area contributed by atoms with Crippen molar-refractivity contribution < 1.29 is 4.79 Å². The van der Waals surface area contributed by atoms with Crippen molar-refractivity contribution >= 4 is 34.4 Å². The van der Waals surface area contributed by atoms with Crippen molar-refractivity contribution in [3.8, 4) is 0 Å². The van der Waals surface area contributed by atoms with E-state index in [1.165, 1.54) is 16.9 Å². The molecule has 1 aliphatic heterocycles. The molecule has 1 N–H and O–H groups in total. The summed E-state index contributed by atoms with van der Waals surface area (Å²) < 4.78 is 0. The number of piperazine rings is 1. The lowest BCUT2D eigenvalue weighted by Crippen LogP contribution is -2.49. The van der Waals surface area contributed by atoms with Crippen molar-refractivity contribution in [2.75, 3.05) is 38.0 Å². The molecule has 4 rings (SSSR count). The van der Waals surface area contributed by atoms with E-state index >= 15 is 0 Å². The second-order valence-corrected chi connectivity index (χ2v) is 7.87. The molecule has 7 nitrogen and oxygen atoms in total. The molecule has 1 aliphatic rings. The Labute approximate surface area is 180 Å². The topological polar surface area (TPSA) is 74.2 Å². The highest BCUT2D eigenvalue weighted by molar-refractivity contribution is 7.13. The second kappa shape index (κ2) is 10.1. The molecule has 1 amide bonds. The minimum Gasteiger partial charge on any atom is -0.340 e. The molecule has 0 unspecified atom stereocenters. The zero-order chi connectivity index (χ0) is 20.6. The van der Waals surface area contributed by atoms with Crippen LogP contribution in [-0.2, 0) is 11.2 Å². The van der Waals surface area contributed by atoms with Crippen molar-refractivity contribution in [1.29, 1.82) is 0 Å². The Kier molecular flexibility index (Phi) is 6.79. The number of aromatic nitrogens is 3. The fourth-order valence-electron chi connectivity index (χ4n) is 3.25. The van der Waals surface area contributed by atoms with Crippen LogP contribution in [0.3, 0.4) is 0 Å². The monoisotopic (exact) mass is 420 g/mol. The third kappa shape index (κ3) is 5.71. The van der Waals surface area contributed by atoms with E-state index in [1.807, 2.05) is 28.5 Å². The summed E-state index contributed by atoms with van der Waals surface area (Å²) in [6.45, 7) is 4.19. The summed E-state index contributed by atoms with van der Waals surface area (Å²) in [6, 6.07) is 12.1. The maximum atomic E-state index is 12.7. The molecule has 1 fully saturated rings. The van der Waals surface area contributed by atoms with Crippen LogP contribution in [0.1, 0.15) is 11.3 Å². The minimum atomic E-state index is 0.127. The van der Waals surface area contributed by atoms with Gasteiger partial charge in [0.05, 0.1) is 12.1 Å². The normalized spacial score (nSPS) is 14.9. The number of rotatable bonds is 7. The van der Waals surface area contributed by atoms with E-state index in [9.17, 15) is 4.79 Å². The number of nitrogens with zero attached hydrogens (tertiary/aromatic N) is 5. The molecule has 2 aromatic heterocycles. The number of carbonyl (C=O) groups is 1. The molecule has 1 saturated heterocycles. The summed E-state index contributed by atoms with van der Waals surface area (Å²) in [5, 5.41) is 5.67. The molecule has 30 heavy (non-hydrogen) atoms. The molecule has 154 valence electrons. The average molecular weight is 421 g/mol. The van der Waals surface area contributed by atoms with Crippen LogP contribution in [0.25, 0.3) is 6.08 Å². The molecule has 3 heterocycles. The Balaban J connectivity index is 1.21. The summed E-state index contributed by atoms with van der Waals surface area (Å²) >= 11 is 1.45. The number of hydrogen-bond donors (Lipinski definition) is 1. The summed E-state index contributed by atoms with van der Waals surface area (Å²) in [5.74, 6) is 0.629. The van der Waals surface area contributed by atoms with Crippen molar-refractivity contribution in [2.24, 2.45) is 0 Å². The molecule has 0 spiro atoms. The van der Waals surface area contributed by atoms with Gasteiger partial charge < -0.3 is 10.2 Å². The number of hydrogen-bond acceptors (Lipinski definition) is 7. The molecule has 0 aliphatic carbocycles. The zero-order valence-electron chi connectivity index (χ0n) is 16.6. The van der Waals surface area contributed by atoms with Crippen LogP contribution >= 0.6 is 11.3 Å². The first-order valence-corrected chi connectivity index (χ1v) is 10.8. The number of nitrogens with one attached hydrogen (secondary N) is 1. The van der Waals surface area contributed by atoms with Gasteiger partial charge in [0.1, 0.15) is 0 Å². The Bertz CT molecular complexity index is 968. The lowest BCUT2D eigenvalue weighted by molar-refractivity contribution is -0.132. The number of amides is 1. The van der Waals surface area contributed by atoms with E-state index in [0.717, 1.165) is 38.4 Å². The van der Waals surface area contributed by atoms with E-state index < -0.39 is 0 Å². The average Bonchev–Trinajstić information content (AvgIpc) is 3.22. The summed E-state index contributed by atoms with van der Waals surface area (Å²) in [7, 11) is 0. The van der Waals surface area contributed by atoms with Gasteiger partial charge in [-0.15, -0.1) is 11.3 Å². The molecule has 0 bridgehead atoms. The maximum absolute atomic E-state index is 12.7. The van der Waals surface area contributed by atoms with Crippen molar-refractivity contribution in [3.05, 3.63) is 71.5 Å². The second-order valence-electron chi connectivity index (χ2n) is 7.01. The van der Waals surface area contributed by atoms with Crippen LogP contribution < -0.4 is 5.32 Å². The molecule has 0 radical (unpaired) electrons. The summed E-state index contributed by atoms with van der Waals surface area (Å²) in [5.41, 5.74) is 1.99. The van der Waals surface area contributed by atoms with Gasteiger partial charge in [0.25, 0.3) is 0 Å². The molecule has 0 atom stereocenters. The van der Waals surface area contributed by atoms with Crippen LogP contribution in [0.5, 0.6) is 0 Å². The lowest BCUT2D eigenvalue weighted by Gasteiger charge is -2.34. The maximum Gasteiger partial charge on any atom is 0.228 e. The number of thiazole rings is 1. The Morgan fingerprint density at radius 2 is 1.83 bits per heavy atom. The third-order valence-corrected chi connectivity index (χ3v) is 5.67. The quantitative estimate of drug-likeness (QED) is 0.633. The van der Waals surface area contributed by atoms with Gasteiger partial charge >= 0.3 is 0 Å². The molecule has 0 saturated carbocycles. The summed E-state index contributed by atoms with van der Waals surface area (Å²) in [4.78, 5) is 29.7. The van der Waals surface area contributed by atoms with Gasteiger partial charge in [-0.2, -0.15) is 0 Å². The predicted octanol–water partition coefficient (Wildman–Crippen LogP) is 3.08. The van der Waals surface area contributed by atoms with Gasteiger partial charge in [0.2, 0.25) is 11.9 Å². The van der Waals surface area contributed by atoms with Crippen LogP contribution in [0.15, 0.2) is 60.2 Å². The fourth-order valence-corrected chi connectivity index (χ4v) is 3.96. The minimum absolute atomic E-state index is 0.127. The number of anilines is 2. The summed E-state index contributed by atoms with van der Waals surface area (Å²) in [6.07, 6.45) is 8.00. The van der Waals surface area contributed by atoms with Gasteiger partial charge in [-0.1, -0.05) is 42.5 Å². The first-order chi connectivity index (χ1) is 14.8. The van der Waals surface area contributed by atoms with Gasteiger partial charge in [-0.05, 0) is 11.6 Å². The molecular formula is C22H24N6OS.